The molecule has 0 saturated carbocycles. The van der Waals surface area contributed by atoms with Crippen LogP contribution >= 0.6 is 0 Å². The van der Waals surface area contributed by atoms with Crippen LogP contribution in [0.2, 0.25) is 0 Å². The first-order valence-electron chi connectivity index (χ1n) is 11.2. The lowest BCUT2D eigenvalue weighted by Gasteiger charge is -2.38. The van der Waals surface area contributed by atoms with Crippen molar-refractivity contribution in [3.63, 3.8) is 0 Å². The highest BCUT2D eigenvalue weighted by Gasteiger charge is 2.68. The van der Waals surface area contributed by atoms with Crippen molar-refractivity contribution in [1.82, 2.24) is 0 Å². The predicted molar refractivity (Wildman–Crippen MR) is 129 cm³/mol. The lowest BCUT2D eigenvalue weighted by atomic mass is 9.86. The lowest BCUT2D eigenvalue weighted by molar-refractivity contribution is -0.323. The van der Waals surface area contributed by atoms with E-state index in [0.29, 0.717) is 11.1 Å². The fraction of sp³-hybridized carbons (Fsp3) is 0.0714. The molecule has 1 atom stereocenters. The Bertz CT molecular complexity index is 1290. The first-order chi connectivity index (χ1) is 17.4. The normalized spacial score (nSPS) is 19.0. The second-order valence-electron chi connectivity index (χ2n) is 8.23. The van der Waals surface area contributed by atoms with Crippen LogP contribution in [-0.2, 0) is 34.1 Å². The monoisotopic (exact) mass is 497 g/mol. The smallest absolute Gasteiger partial charge is 0.546 e. The van der Waals surface area contributed by atoms with Crippen LogP contribution in [0.25, 0.3) is 0 Å². The molecule has 1 aliphatic rings. The summed E-state index contributed by atoms with van der Waals surface area (Å²) in [6.45, 7) is 0. The molecule has 0 aromatic heterocycles. The molecular weight excluding hydrogens is 476 g/mol. The molecule has 36 heavy (non-hydrogen) atoms. The minimum atomic E-state index is -4.98. The molecular formula is C28H21O7Si-. The van der Waals surface area contributed by atoms with Gasteiger partial charge in [0.1, 0.15) is 0 Å². The minimum absolute atomic E-state index is 0.161. The Labute approximate surface area is 208 Å². The van der Waals surface area contributed by atoms with Gasteiger partial charge >= 0.3 is 15.0 Å². The van der Waals surface area contributed by atoms with Crippen molar-refractivity contribution < 1.29 is 32.8 Å². The van der Waals surface area contributed by atoms with Crippen molar-refractivity contribution in [1.29, 1.82) is 0 Å². The third-order valence-electron chi connectivity index (χ3n) is 6.08. The molecule has 1 N–H and O–H groups in total. The SMILES string of the molecule is O=C([O-])C(O[Si]1(O)OC(=O)C(c2ccccc2)(c2ccccc2)O1)(c1ccccc1)c1ccccc1. The Kier molecular flexibility index (Phi) is 6.03. The Hall–Kier alpha value is -4.08. The highest BCUT2D eigenvalue weighted by Crippen LogP contribution is 2.46. The maximum atomic E-state index is 13.5. The van der Waals surface area contributed by atoms with Gasteiger partial charge in [0.25, 0.3) is 0 Å². The zero-order chi connectivity index (χ0) is 25.2. The number of carbonyl (C=O) groups excluding carboxylic acids is 2. The number of carboxylic acid groups (broad SMARTS) is 1. The van der Waals surface area contributed by atoms with E-state index in [4.69, 9.17) is 13.3 Å². The van der Waals surface area contributed by atoms with Gasteiger partial charge in [-0.25, -0.2) is 4.79 Å². The van der Waals surface area contributed by atoms with Crippen LogP contribution in [0.4, 0.5) is 0 Å². The van der Waals surface area contributed by atoms with Crippen LogP contribution in [0.15, 0.2) is 121 Å². The zero-order valence-electron chi connectivity index (χ0n) is 18.9. The molecule has 0 amide bonds. The maximum absolute atomic E-state index is 13.5. The van der Waals surface area contributed by atoms with Crippen molar-refractivity contribution in [2.45, 2.75) is 11.2 Å². The summed E-state index contributed by atoms with van der Waals surface area (Å²) in [5.74, 6) is -2.57. The van der Waals surface area contributed by atoms with Gasteiger partial charge in [-0.15, -0.1) is 0 Å². The molecule has 0 bridgehead atoms. The summed E-state index contributed by atoms with van der Waals surface area (Å²) >= 11 is 0. The Balaban J connectivity index is 1.67. The lowest BCUT2D eigenvalue weighted by Crippen LogP contribution is -2.57. The van der Waals surface area contributed by atoms with E-state index < -0.39 is 32.2 Å². The van der Waals surface area contributed by atoms with Gasteiger partial charge in [-0.05, 0) is 22.3 Å². The first-order valence-corrected chi connectivity index (χ1v) is 12.9. The molecule has 0 aliphatic carbocycles. The van der Waals surface area contributed by atoms with E-state index in [2.05, 4.69) is 0 Å². The number of aliphatic carboxylic acids is 1. The van der Waals surface area contributed by atoms with Crippen molar-refractivity contribution in [3.05, 3.63) is 144 Å². The average molecular weight is 498 g/mol. The number of hydrogen-bond acceptors (Lipinski definition) is 7. The van der Waals surface area contributed by atoms with E-state index in [1.54, 1.807) is 97.1 Å². The summed E-state index contributed by atoms with van der Waals surface area (Å²) in [4.78, 5) is 37.9. The van der Waals surface area contributed by atoms with Gasteiger partial charge in [-0.3, -0.25) is 0 Å². The van der Waals surface area contributed by atoms with Gasteiger partial charge in [-0.2, -0.15) is 0 Å². The molecule has 1 unspecified atom stereocenters. The number of hydrogen-bond donors (Lipinski definition) is 1. The summed E-state index contributed by atoms with van der Waals surface area (Å²) in [7, 11) is -4.98. The Morgan fingerprint density at radius 3 is 1.53 bits per heavy atom. The number of carbonyl (C=O) groups is 2. The summed E-state index contributed by atoms with van der Waals surface area (Å²) < 4.78 is 17.5. The van der Waals surface area contributed by atoms with E-state index in [1.807, 2.05) is 0 Å². The van der Waals surface area contributed by atoms with E-state index in [9.17, 15) is 19.5 Å². The van der Waals surface area contributed by atoms with Crippen LogP contribution in [0, 0.1) is 0 Å². The summed E-state index contributed by atoms with van der Waals surface area (Å²) in [6.07, 6.45) is 0. The molecule has 4 aromatic carbocycles. The van der Waals surface area contributed by atoms with Crippen LogP contribution in [0.5, 0.6) is 0 Å². The fourth-order valence-electron chi connectivity index (χ4n) is 4.45. The van der Waals surface area contributed by atoms with Crippen LogP contribution in [-0.4, -0.2) is 25.8 Å². The van der Waals surface area contributed by atoms with Crippen LogP contribution in [0.3, 0.4) is 0 Å². The van der Waals surface area contributed by atoms with Crippen LogP contribution in [0.1, 0.15) is 22.3 Å². The zero-order valence-corrected chi connectivity index (χ0v) is 19.9. The summed E-state index contributed by atoms with van der Waals surface area (Å²) in [5.41, 5.74) is -3.08. The second-order valence-corrected chi connectivity index (χ2v) is 9.89. The molecule has 1 heterocycles. The van der Waals surface area contributed by atoms with E-state index in [1.165, 1.54) is 24.3 Å². The maximum Gasteiger partial charge on any atom is 0.751 e. The third-order valence-corrected chi connectivity index (χ3v) is 7.65. The largest absolute Gasteiger partial charge is 0.751 e. The number of carboxylic acids is 1. The highest BCUT2D eigenvalue weighted by atomic mass is 28.4. The number of rotatable bonds is 7. The topological polar surface area (TPSA) is 105 Å². The molecule has 1 aliphatic heterocycles. The molecule has 1 saturated heterocycles. The van der Waals surface area contributed by atoms with Gasteiger partial charge < -0.3 is 28.0 Å². The molecule has 8 heteroatoms. The molecule has 0 radical (unpaired) electrons. The molecule has 7 nitrogen and oxygen atoms in total. The predicted octanol–water partition coefficient (Wildman–Crippen LogP) is 2.64. The van der Waals surface area contributed by atoms with Crippen LogP contribution < -0.4 is 5.11 Å². The highest BCUT2D eigenvalue weighted by molar-refractivity contribution is 6.57. The summed E-state index contributed by atoms with van der Waals surface area (Å²) in [6, 6.07) is 33.1. The minimum Gasteiger partial charge on any atom is -0.546 e. The Morgan fingerprint density at radius 2 is 1.14 bits per heavy atom. The molecule has 1 fully saturated rings. The van der Waals surface area contributed by atoms with Gasteiger partial charge in [-0.1, -0.05) is 121 Å². The van der Waals surface area contributed by atoms with Gasteiger partial charge in [0, 0.05) is 0 Å². The van der Waals surface area contributed by atoms with Gasteiger partial charge in [0.2, 0.25) is 5.60 Å². The molecule has 4 aromatic rings. The standard InChI is InChI=1S/C28H22O7Si/c29-25(30)27(21-13-5-1-6-14-21,22-15-7-2-8-16-22)34-36(32)33-26(31)28(35-36,23-17-9-3-10-18-23)24-19-11-4-12-20-24/h1-20,32H,(H,29,30)/p-1. The van der Waals surface area contributed by atoms with Crippen molar-refractivity contribution in [2.24, 2.45) is 0 Å². The van der Waals surface area contributed by atoms with Crippen molar-refractivity contribution >= 4 is 21.0 Å². The average Bonchev–Trinajstić information content (AvgIpc) is 3.20. The second kappa shape index (κ2) is 9.18. The Morgan fingerprint density at radius 1 is 0.750 bits per heavy atom. The van der Waals surface area contributed by atoms with Gasteiger partial charge in [0.15, 0.2) is 5.60 Å². The van der Waals surface area contributed by atoms with E-state index in [-0.39, 0.29) is 11.1 Å². The summed E-state index contributed by atoms with van der Waals surface area (Å²) in [5, 5.41) is 12.8. The van der Waals surface area contributed by atoms with E-state index >= 15 is 0 Å². The first kappa shape index (κ1) is 23.6. The fourth-order valence-corrected chi connectivity index (χ4v) is 6.37. The quantitative estimate of drug-likeness (QED) is 0.392. The third kappa shape index (κ3) is 3.82. The molecule has 0 spiro atoms. The van der Waals surface area contributed by atoms with Gasteiger partial charge in [0.05, 0.1) is 5.97 Å². The molecule has 5 rings (SSSR count). The number of benzene rings is 4. The molecule has 180 valence electrons. The van der Waals surface area contributed by atoms with Crippen molar-refractivity contribution in [2.75, 3.05) is 0 Å². The van der Waals surface area contributed by atoms with E-state index in [0.717, 1.165) is 0 Å². The van der Waals surface area contributed by atoms with Crippen molar-refractivity contribution in [3.8, 4) is 0 Å².